The Morgan fingerprint density at radius 3 is 2.79 bits per heavy atom. The van der Waals surface area contributed by atoms with Gasteiger partial charge >= 0.3 is 0 Å². The Hall–Kier alpha value is -3.70. The van der Waals surface area contributed by atoms with Crippen molar-refractivity contribution in [2.45, 2.75) is 70.3 Å². The van der Waals surface area contributed by atoms with Gasteiger partial charge < -0.3 is 30.4 Å². The van der Waals surface area contributed by atoms with Crippen molar-refractivity contribution in [3.8, 4) is 11.6 Å². The second-order valence-corrected chi connectivity index (χ2v) is 11.7. The van der Waals surface area contributed by atoms with Gasteiger partial charge in [0.15, 0.2) is 0 Å². The van der Waals surface area contributed by atoms with Gasteiger partial charge in [-0.3, -0.25) is 9.59 Å². The van der Waals surface area contributed by atoms with E-state index in [1.54, 1.807) is 49.0 Å². The van der Waals surface area contributed by atoms with Gasteiger partial charge in [0.25, 0.3) is 11.8 Å². The van der Waals surface area contributed by atoms with Crippen molar-refractivity contribution in [3.63, 3.8) is 0 Å². The van der Waals surface area contributed by atoms with Gasteiger partial charge in [0.1, 0.15) is 24.0 Å². The molecule has 0 saturated heterocycles. The molecule has 206 valence electrons. The van der Waals surface area contributed by atoms with Crippen molar-refractivity contribution >= 4 is 17.3 Å². The molecule has 0 atom stereocenters. The number of fused-ring (bicyclic) bond motifs is 2. The highest BCUT2D eigenvalue weighted by Crippen LogP contribution is 2.57. The number of hydrogen-bond acceptors (Lipinski definition) is 8. The number of pyridine rings is 2. The first-order chi connectivity index (χ1) is 18.6. The molecular weight excluding hydrogens is 502 g/mol. The molecule has 1 aliphatic heterocycles. The first kappa shape index (κ1) is 25.6. The van der Waals surface area contributed by atoms with E-state index in [4.69, 9.17) is 19.9 Å². The fourth-order valence-corrected chi connectivity index (χ4v) is 5.85. The monoisotopic (exact) mass is 535 g/mol. The predicted octanol–water partition coefficient (Wildman–Crippen LogP) is 2.17. The van der Waals surface area contributed by atoms with Gasteiger partial charge in [0, 0.05) is 18.0 Å². The normalized spacial score (nSPS) is 24.0. The Kier molecular flexibility index (Phi) is 6.22. The van der Waals surface area contributed by atoms with E-state index in [2.05, 4.69) is 15.4 Å². The summed E-state index contributed by atoms with van der Waals surface area (Å²) in [6, 6.07) is 5.39. The van der Waals surface area contributed by atoms with Gasteiger partial charge in [-0.25, -0.2) is 9.50 Å². The van der Waals surface area contributed by atoms with E-state index in [-0.39, 0.29) is 30.1 Å². The molecule has 1 spiro atoms. The third-order valence-corrected chi connectivity index (χ3v) is 7.78. The summed E-state index contributed by atoms with van der Waals surface area (Å²) in [5, 5.41) is 17.3. The molecule has 11 nitrogen and oxygen atoms in total. The van der Waals surface area contributed by atoms with Crippen molar-refractivity contribution in [3.05, 3.63) is 53.0 Å². The van der Waals surface area contributed by atoms with Crippen molar-refractivity contribution in [2.24, 2.45) is 11.1 Å². The van der Waals surface area contributed by atoms with Crippen LogP contribution in [0, 0.1) is 5.41 Å². The summed E-state index contributed by atoms with van der Waals surface area (Å²) in [5.74, 6) is 0.158. The minimum atomic E-state index is -0.947. The standard InChI is InChI=1S/C28H33N5O6/c1-27(2,36)15-38-18-3-4-23-21(12-30-33(23)13-18)25(35)31-17-8-28(9-17)10-19(11-28)39-26-20(24(29)34)7-16-14-37-6-5-22(16)32-26/h3-4,7,12-13,17,19,36H,5-6,8-11,14-15H2,1-2H3,(H2,29,34)(H,31,35). The summed E-state index contributed by atoms with van der Waals surface area (Å²) in [6.07, 6.45) is 7.36. The lowest BCUT2D eigenvalue weighted by molar-refractivity contribution is -0.0849. The first-order valence-corrected chi connectivity index (χ1v) is 13.3. The number of amides is 2. The number of rotatable bonds is 8. The lowest BCUT2D eigenvalue weighted by Crippen LogP contribution is -2.58. The number of ether oxygens (including phenoxy) is 3. The molecule has 3 aromatic rings. The number of carbonyl (C=O) groups excluding carboxylic acids is 2. The quantitative estimate of drug-likeness (QED) is 0.397. The number of nitrogens with two attached hydrogens (primary N) is 1. The zero-order valence-electron chi connectivity index (χ0n) is 22.1. The second kappa shape index (κ2) is 9.49. The molecular formula is C28H33N5O6. The molecule has 4 N–H and O–H groups in total. The summed E-state index contributed by atoms with van der Waals surface area (Å²) in [6.45, 7) is 4.52. The molecule has 0 bridgehead atoms. The number of carbonyl (C=O) groups is 2. The fourth-order valence-electron chi connectivity index (χ4n) is 5.85. The molecule has 2 saturated carbocycles. The van der Waals surface area contributed by atoms with Gasteiger partial charge in [0.05, 0.1) is 48.0 Å². The summed E-state index contributed by atoms with van der Waals surface area (Å²) >= 11 is 0. The molecule has 2 fully saturated rings. The van der Waals surface area contributed by atoms with Crippen LogP contribution in [0.5, 0.6) is 11.6 Å². The molecule has 2 aliphatic carbocycles. The Balaban J connectivity index is 1.02. The van der Waals surface area contributed by atoms with E-state index in [1.165, 1.54) is 0 Å². The maximum absolute atomic E-state index is 13.0. The molecule has 3 aromatic heterocycles. The van der Waals surface area contributed by atoms with Crippen molar-refractivity contribution in [1.82, 2.24) is 19.9 Å². The SMILES string of the molecule is CC(C)(O)COc1ccc2c(C(=O)NC3CC4(C3)CC(Oc3nc5c(cc3C(N)=O)COCC5)C4)cnn2c1. The van der Waals surface area contributed by atoms with Crippen LogP contribution in [-0.4, -0.2) is 62.5 Å². The average Bonchev–Trinajstić information content (AvgIpc) is 3.27. The molecule has 6 rings (SSSR count). The highest BCUT2D eigenvalue weighted by atomic mass is 16.5. The summed E-state index contributed by atoms with van der Waals surface area (Å²) < 4.78 is 18.8. The lowest BCUT2D eigenvalue weighted by Gasteiger charge is -2.57. The molecule has 3 aliphatic rings. The lowest BCUT2D eigenvalue weighted by atomic mass is 9.53. The van der Waals surface area contributed by atoms with E-state index in [1.807, 2.05) is 0 Å². The van der Waals surface area contributed by atoms with Crippen LogP contribution >= 0.6 is 0 Å². The van der Waals surface area contributed by atoms with Crippen LogP contribution in [0.2, 0.25) is 0 Å². The van der Waals surface area contributed by atoms with E-state index >= 15 is 0 Å². The Labute approximate surface area is 225 Å². The molecule has 11 heteroatoms. The van der Waals surface area contributed by atoms with Crippen molar-refractivity contribution in [2.75, 3.05) is 13.2 Å². The number of nitrogens with one attached hydrogen (secondary N) is 1. The van der Waals surface area contributed by atoms with Crippen LogP contribution in [0.15, 0.2) is 30.6 Å². The molecule has 39 heavy (non-hydrogen) atoms. The Morgan fingerprint density at radius 1 is 1.26 bits per heavy atom. The van der Waals surface area contributed by atoms with E-state index in [0.717, 1.165) is 36.9 Å². The first-order valence-electron chi connectivity index (χ1n) is 13.3. The minimum Gasteiger partial charge on any atom is -0.489 e. The van der Waals surface area contributed by atoms with Crippen LogP contribution in [-0.2, 0) is 17.8 Å². The van der Waals surface area contributed by atoms with Crippen LogP contribution in [0.1, 0.15) is 71.5 Å². The zero-order valence-corrected chi connectivity index (χ0v) is 22.1. The number of hydrogen-bond donors (Lipinski definition) is 3. The van der Waals surface area contributed by atoms with Crippen LogP contribution in [0.3, 0.4) is 0 Å². The second-order valence-electron chi connectivity index (χ2n) is 11.7. The summed E-state index contributed by atoms with van der Waals surface area (Å²) in [5.41, 5.74) is 8.05. The number of nitrogens with zero attached hydrogens (tertiary/aromatic N) is 3. The van der Waals surface area contributed by atoms with Crippen molar-refractivity contribution < 1.29 is 28.9 Å². The molecule has 0 radical (unpaired) electrons. The number of primary amides is 1. The fraction of sp³-hybridized carbons (Fsp3) is 0.500. The van der Waals surface area contributed by atoms with Crippen molar-refractivity contribution in [1.29, 1.82) is 0 Å². The zero-order chi connectivity index (χ0) is 27.4. The largest absolute Gasteiger partial charge is 0.489 e. The average molecular weight is 536 g/mol. The van der Waals surface area contributed by atoms with Crippen LogP contribution < -0.4 is 20.5 Å². The van der Waals surface area contributed by atoms with E-state index < -0.39 is 11.5 Å². The molecule has 4 heterocycles. The Morgan fingerprint density at radius 2 is 2.05 bits per heavy atom. The third kappa shape index (κ3) is 5.16. The van der Waals surface area contributed by atoms with E-state index in [0.29, 0.717) is 47.9 Å². The highest BCUT2D eigenvalue weighted by Gasteiger charge is 2.54. The van der Waals surface area contributed by atoms with E-state index in [9.17, 15) is 14.7 Å². The van der Waals surface area contributed by atoms with Gasteiger partial charge in [0.2, 0.25) is 5.88 Å². The molecule has 2 amide bonds. The Bertz CT molecular complexity index is 1430. The molecule has 0 aromatic carbocycles. The summed E-state index contributed by atoms with van der Waals surface area (Å²) in [4.78, 5) is 29.6. The minimum absolute atomic E-state index is 0.0300. The van der Waals surface area contributed by atoms with Gasteiger partial charge in [-0.15, -0.1) is 0 Å². The summed E-state index contributed by atoms with van der Waals surface area (Å²) in [7, 11) is 0. The number of aromatic nitrogens is 3. The smallest absolute Gasteiger partial charge is 0.255 e. The predicted molar refractivity (Wildman–Crippen MR) is 140 cm³/mol. The van der Waals surface area contributed by atoms with Gasteiger partial charge in [-0.1, -0.05) is 0 Å². The van der Waals surface area contributed by atoms with Gasteiger partial charge in [-0.05, 0) is 63.1 Å². The maximum Gasteiger partial charge on any atom is 0.255 e. The number of aliphatic hydroxyl groups is 1. The van der Waals surface area contributed by atoms with Gasteiger partial charge in [-0.2, -0.15) is 5.10 Å². The third-order valence-electron chi connectivity index (χ3n) is 7.78. The molecule has 0 unspecified atom stereocenters. The highest BCUT2D eigenvalue weighted by molar-refractivity contribution is 6.00. The van der Waals surface area contributed by atoms with Crippen LogP contribution in [0.25, 0.3) is 5.52 Å². The maximum atomic E-state index is 13.0. The topological polar surface area (TPSA) is 150 Å². The van der Waals surface area contributed by atoms with Crippen LogP contribution in [0.4, 0.5) is 0 Å².